The Morgan fingerprint density at radius 1 is 1.08 bits per heavy atom. The van der Waals surface area contributed by atoms with Gasteiger partial charge in [-0.05, 0) is 18.2 Å². The molecule has 0 amide bonds. The van der Waals surface area contributed by atoms with Crippen molar-refractivity contribution in [1.29, 1.82) is 0 Å². The molecule has 2 aromatic heterocycles. The van der Waals surface area contributed by atoms with Crippen molar-refractivity contribution in [2.45, 2.75) is 4.21 Å². The van der Waals surface area contributed by atoms with Crippen LogP contribution in [0.15, 0.2) is 39.2 Å². The molecule has 10 heteroatoms. The SMILES string of the molecule is O=S(=O)(Nc1cscc1-c1c(F)cccc1Cl)c1cc(Cl)c(Cl)s1. The third-order valence-corrected chi connectivity index (χ3v) is 7.79. The summed E-state index contributed by atoms with van der Waals surface area (Å²) in [5.74, 6) is -0.538. The summed E-state index contributed by atoms with van der Waals surface area (Å²) in [6.45, 7) is 0. The molecule has 24 heavy (non-hydrogen) atoms. The Morgan fingerprint density at radius 3 is 2.46 bits per heavy atom. The first-order chi connectivity index (χ1) is 11.3. The van der Waals surface area contributed by atoms with E-state index in [4.69, 9.17) is 34.8 Å². The van der Waals surface area contributed by atoms with Gasteiger partial charge in [-0.3, -0.25) is 4.72 Å². The molecule has 0 aliphatic heterocycles. The first-order valence-electron chi connectivity index (χ1n) is 6.28. The second-order valence-electron chi connectivity index (χ2n) is 4.59. The molecule has 1 aromatic carbocycles. The number of halogens is 4. The number of nitrogens with one attached hydrogen (secondary N) is 1. The third-order valence-electron chi connectivity index (χ3n) is 3.03. The second kappa shape index (κ2) is 6.82. The van der Waals surface area contributed by atoms with E-state index in [0.717, 1.165) is 11.3 Å². The quantitative estimate of drug-likeness (QED) is 0.510. The van der Waals surface area contributed by atoms with Crippen LogP contribution in [-0.2, 0) is 10.0 Å². The van der Waals surface area contributed by atoms with E-state index < -0.39 is 15.8 Å². The number of rotatable bonds is 4. The van der Waals surface area contributed by atoms with Crippen molar-refractivity contribution >= 4 is 73.2 Å². The van der Waals surface area contributed by atoms with Crippen molar-refractivity contribution in [1.82, 2.24) is 0 Å². The van der Waals surface area contributed by atoms with Crippen LogP contribution in [-0.4, -0.2) is 8.42 Å². The van der Waals surface area contributed by atoms with E-state index >= 15 is 0 Å². The van der Waals surface area contributed by atoms with Crippen LogP contribution in [0.25, 0.3) is 11.1 Å². The van der Waals surface area contributed by atoms with Crippen LogP contribution in [0.1, 0.15) is 0 Å². The monoisotopic (exact) mass is 441 g/mol. The molecule has 0 unspecified atom stereocenters. The Kier molecular flexibility index (Phi) is 5.11. The molecule has 0 aliphatic rings. The van der Waals surface area contributed by atoms with Crippen molar-refractivity contribution in [3.8, 4) is 11.1 Å². The smallest absolute Gasteiger partial charge is 0.271 e. The van der Waals surface area contributed by atoms with E-state index in [1.165, 1.54) is 35.6 Å². The van der Waals surface area contributed by atoms with E-state index in [-0.39, 0.29) is 29.8 Å². The van der Waals surface area contributed by atoms with Gasteiger partial charge >= 0.3 is 0 Å². The van der Waals surface area contributed by atoms with Gasteiger partial charge in [-0.15, -0.1) is 22.7 Å². The minimum atomic E-state index is -3.90. The van der Waals surface area contributed by atoms with Crippen LogP contribution in [0, 0.1) is 5.82 Å². The highest BCUT2D eigenvalue weighted by Crippen LogP contribution is 2.40. The predicted molar refractivity (Wildman–Crippen MR) is 99.9 cm³/mol. The standard InChI is InChI=1S/C14H7Cl3FNO2S3/c15-8-2-1-3-10(18)13(8)7-5-22-6-11(7)19-24(20,21)12-4-9(16)14(17)23-12/h1-6,19H. The fourth-order valence-corrected chi connectivity index (χ4v) is 6.04. The molecule has 0 fully saturated rings. The summed E-state index contributed by atoms with van der Waals surface area (Å²) >= 11 is 19.7. The first-order valence-corrected chi connectivity index (χ1v) is 10.7. The number of hydrogen-bond donors (Lipinski definition) is 1. The van der Waals surface area contributed by atoms with Crippen molar-refractivity contribution in [3.05, 3.63) is 55.2 Å². The molecule has 3 rings (SSSR count). The molecule has 0 aliphatic carbocycles. The van der Waals surface area contributed by atoms with Gasteiger partial charge in [-0.2, -0.15) is 0 Å². The Morgan fingerprint density at radius 2 is 1.83 bits per heavy atom. The third kappa shape index (κ3) is 3.42. The van der Waals surface area contributed by atoms with Gasteiger partial charge in [0.1, 0.15) is 14.4 Å². The molecule has 0 bridgehead atoms. The average Bonchev–Trinajstić information content (AvgIpc) is 3.07. The lowest BCUT2D eigenvalue weighted by Crippen LogP contribution is -2.11. The van der Waals surface area contributed by atoms with E-state index in [2.05, 4.69) is 4.72 Å². The number of sulfonamides is 1. The largest absolute Gasteiger partial charge is 0.277 e. The van der Waals surface area contributed by atoms with Gasteiger partial charge < -0.3 is 0 Å². The molecule has 0 saturated carbocycles. The molecule has 0 saturated heterocycles. The van der Waals surface area contributed by atoms with Crippen LogP contribution in [0.5, 0.6) is 0 Å². The van der Waals surface area contributed by atoms with Crippen molar-refractivity contribution in [3.63, 3.8) is 0 Å². The van der Waals surface area contributed by atoms with E-state index in [1.807, 2.05) is 0 Å². The lowest BCUT2D eigenvalue weighted by Gasteiger charge is -2.10. The van der Waals surface area contributed by atoms with Crippen LogP contribution in [0.3, 0.4) is 0 Å². The highest BCUT2D eigenvalue weighted by Gasteiger charge is 2.22. The highest BCUT2D eigenvalue weighted by atomic mass is 35.5. The number of benzene rings is 1. The summed E-state index contributed by atoms with van der Waals surface area (Å²) < 4.78 is 41.6. The van der Waals surface area contributed by atoms with Gasteiger partial charge in [0.25, 0.3) is 10.0 Å². The summed E-state index contributed by atoms with van der Waals surface area (Å²) in [4.78, 5) is 0. The van der Waals surface area contributed by atoms with Gasteiger partial charge in [0.15, 0.2) is 0 Å². The van der Waals surface area contributed by atoms with Gasteiger partial charge in [-0.1, -0.05) is 40.9 Å². The Bertz CT molecular complexity index is 974. The topological polar surface area (TPSA) is 46.2 Å². The first kappa shape index (κ1) is 18.0. The summed E-state index contributed by atoms with van der Waals surface area (Å²) in [6.07, 6.45) is 0. The van der Waals surface area contributed by atoms with Gasteiger partial charge in [0, 0.05) is 21.9 Å². The van der Waals surface area contributed by atoms with E-state index in [0.29, 0.717) is 5.56 Å². The molecule has 1 N–H and O–H groups in total. The molecular formula is C14H7Cl3FNO2S3. The maximum absolute atomic E-state index is 14.1. The lowest BCUT2D eigenvalue weighted by molar-refractivity contribution is 0.603. The fourth-order valence-electron chi connectivity index (χ4n) is 1.98. The lowest BCUT2D eigenvalue weighted by atomic mass is 10.1. The molecule has 0 atom stereocenters. The molecule has 3 aromatic rings. The molecule has 3 nitrogen and oxygen atoms in total. The van der Waals surface area contributed by atoms with Crippen molar-refractivity contribution in [2.24, 2.45) is 0 Å². The zero-order valence-electron chi connectivity index (χ0n) is 11.5. The van der Waals surface area contributed by atoms with Gasteiger partial charge in [0.05, 0.1) is 15.7 Å². The minimum absolute atomic E-state index is 0.0331. The molecule has 2 heterocycles. The predicted octanol–water partition coefficient (Wildman–Crippen LogP) is 6.38. The summed E-state index contributed by atoms with van der Waals surface area (Å²) in [6, 6.07) is 5.54. The van der Waals surface area contributed by atoms with Crippen LogP contribution in [0.2, 0.25) is 14.4 Å². The maximum Gasteiger partial charge on any atom is 0.271 e. The Balaban J connectivity index is 2.03. The molecule has 0 spiro atoms. The second-order valence-corrected chi connectivity index (χ2v) is 9.71. The molecular weight excluding hydrogens is 436 g/mol. The molecule has 126 valence electrons. The van der Waals surface area contributed by atoms with Crippen LogP contribution in [0.4, 0.5) is 10.1 Å². The fraction of sp³-hybridized carbons (Fsp3) is 0. The highest BCUT2D eigenvalue weighted by molar-refractivity contribution is 7.94. The normalized spacial score (nSPS) is 11.7. The van der Waals surface area contributed by atoms with Crippen molar-refractivity contribution < 1.29 is 12.8 Å². The molecule has 0 radical (unpaired) electrons. The maximum atomic E-state index is 14.1. The van der Waals surface area contributed by atoms with Crippen LogP contribution >= 0.6 is 57.5 Å². The summed E-state index contributed by atoms with van der Waals surface area (Å²) in [7, 11) is -3.90. The zero-order chi connectivity index (χ0) is 17.5. The number of anilines is 1. The Labute approximate surface area is 160 Å². The van der Waals surface area contributed by atoms with E-state index in [9.17, 15) is 12.8 Å². The Hall–Kier alpha value is -0.830. The number of thiophene rings is 2. The zero-order valence-corrected chi connectivity index (χ0v) is 16.2. The summed E-state index contributed by atoms with van der Waals surface area (Å²) in [5.41, 5.74) is 0.730. The van der Waals surface area contributed by atoms with Gasteiger partial charge in [0.2, 0.25) is 0 Å². The van der Waals surface area contributed by atoms with Crippen LogP contribution < -0.4 is 4.72 Å². The number of hydrogen-bond acceptors (Lipinski definition) is 4. The average molecular weight is 443 g/mol. The van der Waals surface area contributed by atoms with E-state index in [1.54, 1.807) is 10.8 Å². The van der Waals surface area contributed by atoms with Crippen molar-refractivity contribution in [2.75, 3.05) is 4.72 Å². The van der Waals surface area contributed by atoms with Gasteiger partial charge in [-0.25, -0.2) is 12.8 Å². The minimum Gasteiger partial charge on any atom is -0.277 e. The summed E-state index contributed by atoms with van der Waals surface area (Å²) in [5, 5.41) is 3.53.